The average molecular weight is 496 g/mol. The van der Waals surface area contributed by atoms with Crippen molar-refractivity contribution in [3.63, 3.8) is 0 Å². The van der Waals surface area contributed by atoms with Gasteiger partial charge in [-0.05, 0) is 36.8 Å². The van der Waals surface area contributed by atoms with E-state index in [0.29, 0.717) is 36.3 Å². The molecule has 0 radical (unpaired) electrons. The molecule has 2 fully saturated rings. The smallest absolute Gasteiger partial charge is 0.222 e. The van der Waals surface area contributed by atoms with Crippen LogP contribution in [0.2, 0.25) is 0 Å². The zero-order chi connectivity index (χ0) is 25.1. The molecule has 4 atom stereocenters. The summed E-state index contributed by atoms with van der Waals surface area (Å²) in [6, 6.07) is 6.97. The van der Waals surface area contributed by atoms with Crippen LogP contribution in [0.5, 0.6) is 5.75 Å². The third-order valence-electron chi connectivity index (χ3n) is 7.52. The summed E-state index contributed by atoms with van der Waals surface area (Å²) in [5, 5.41) is 21.2. The molecule has 5 N–H and O–H groups in total. The van der Waals surface area contributed by atoms with Crippen LogP contribution in [-0.4, -0.2) is 63.9 Å². The molecule has 194 valence electrons. The minimum Gasteiger partial charge on any atom is -0.496 e. The van der Waals surface area contributed by atoms with Gasteiger partial charge in [0.05, 0.1) is 26.5 Å². The minimum absolute atomic E-state index is 0.0870. The lowest BCUT2D eigenvalue weighted by molar-refractivity contribution is 0.153. The van der Waals surface area contributed by atoms with E-state index in [4.69, 9.17) is 15.2 Å². The molecule has 1 aromatic carbocycles. The van der Waals surface area contributed by atoms with Gasteiger partial charge in [0.25, 0.3) is 0 Å². The van der Waals surface area contributed by atoms with E-state index in [0.717, 1.165) is 55.3 Å². The van der Waals surface area contributed by atoms with Gasteiger partial charge in [0.15, 0.2) is 5.82 Å². The summed E-state index contributed by atoms with van der Waals surface area (Å²) < 4.78 is 13.2. The second kappa shape index (κ2) is 11.0. The Morgan fingerprint density at radius 3 is 2.94 bits per heavy atom. The molecule has 3 aromatic rings. The third kappa shape index (κ3) is 5.11. The van der Waals surface area contributed by atoms with Crippen molar-refractivity contribution in [2.75, 3.05) is 38.0 Å². The number of nitrogens with one attached hydrogen (secondary N) is 2. The van der Waals surface area contributed by atoms with Crippen LogP contribution in [0, 0.1) is 11.8 Å². The maximum absolute atomic E-state index is 9.49. The van der Waals surface area contributed by atoms with Crippen molar-refractivity contribution in [2.24, 2.45) is 11.8 Å². The molecule has 3 heterocycles. The fourth-order valence-corrected chi connectivity index (χ4v) is 5.51. The molecule has 36 heavy (non-hydrogen) atoms. The van der Waals surface area contributed by atoms with Gasteiger partial charge in [-0.25, -0.2) is 4.98 Å². The summed E-state index contributed by atoms with van der Waals surface area (Å²) in [7, 11) is 1.70. The Morgan fingerprint density at radius 2 is 2.17 bits per heavy atom. The summed E-state index contributed by atoms with van der Waals surface area (Å²) in [5.41, 5.74) is 9.65. The van der Waals surface area contributed by atoms with Crippen LogP contribution in [0.4, 0.5) is 11.8 Å². The number of aliphatic hydroxyl groups is 1. The highest BCUT2D eigenvalue weighted by atomic mass is 16.5. The van der Waals surface area contributed by atoms with Crippen LogP contribution in [0.3, 0.4) is 0 Å². The lowest BCUT2D eigenvalue weighted by Gasteiger charge is -2.39. The Bertz CT molecular complexity index is 1180. The molecule has 0 spiro atoms. The first-order valence-corrected chi connectivity index (χ1v) is 12.9. The van der Waals surface area contributed by atoms with Crippen molar-refractivity contribution in [1.82, 2.24) is 25.1 Å². The number of fused-ring (bicyclic) bond motifs is 2. The van der Waals surface area contributed by atoms with Crippen LogP contribution in [0.15, 0.2) is 24.4 Å². The maximum atomic E-state index is 9.49. The van der Waals surface area contributed by atoms with Crippen LogP contribution in [-0.2, 0) is 17.8 Å². The minimum atomic E-state index is 0.0870. The van der Waals surface area contributed by atoms with Gasteiger partial charge in [-0.15, -0.1) is 0 Å². The fraction of sp³-hybridized carbons (Fsp3) is 0.577. The van der Waals surface area contributed by atoms with Gasteiger partial charge in [-0.3, -0.25) is 4.68 Å². The lowest BCUT2D eigenvalue weighted by Crippen LogP contribution is -2.49. The zero-order valence-electron chi connectivity index (χ0n) is 21.1. The molecule has 0 amide bonds. The number of aliphatic hydroxyl groups excluding tert-OH is 1. The summed E-state index contributed by atoms with van der Waals surface area (Å²) in [6.45, 7) is 5.34. The van der Waals surface area contributed by atoms with Gasteiger partial charge in [-0.2, -0.15) is 10.1 Å². The highest BCUT2D eigenvalue weighted by molar-refractivity contribution is 5.86. The number of rotatable bonds is 12. The molecule has 1 saturated heterocycles. The van der Waals surface area contributed by atoms with Crippen molar-refractivity contribution >= 4 is 22.8 Å². The summed E-state index contributed by atoms with van der Waals surface area (Å²) in [6.07, 6.45) is 5.45. The molecule has 1 saturated carbocycles. The maximum Gasteiger partial charge on any atom is 0.222 e. The molecule has 0 bridgehead atoms. The SMILES string of the molecule is CCC[C@@H](CCO)Nc1nc(N)nc2cnn(Cc3ccc(CN[C@H]4C[C@H]5COC[C@H]54)cc3OC)c12. The number of nitrogens with zero attached hydrogens (tertiary/aromatic N) is 4. The number of nitrogens with two attached hydrogens (primary N) is 1. The van der Waals surface area contributed by atoms with Gasteiger partial charge < -0.3 is 30.9 Å². The largest absolute Gasteiger partial charge is 0.496 e. The fourth-order valence-electron chi connectivity index (χ4n) is 5.51. The van der Waals surface area contributed by atoms with E-state index in [1.807, 2.05) is 4.68 Å². The van der Waals surface area contributed by atoms with E-state index in [-0.39, 0.29) is 18.6 Å². The van der Waals surface area contributed by atoms with E-state index < -0.39 is 0 Å². The first-order chi connectivity index (χ1) is 17.6. The second-order valence-electron chi connectivity index (χ2n) is 9.94. The number of aromatic nitrogens is 4. The number of anilines is 2. The highest BCUT2D eigenvalue weighted by Gasteiger charge is 2.44. The lowest BCUT2D eigenvalue weighted by atomic mass is 9.71. The topological polar surface area (TPSA) is 132 Å². The predicted octanol–water partition coefficient (Wildman–Crippen LogP) is 2.55. The van der Waals surface area contributed by atoms with Gasteiger partial charge in [0.1, 0.15) is 16.8 Å². The van der Waals surface area contributed by atoms with E-state index in [2.05, 4.69) is 50.8 Å². The average Bonchev–Trinajstić information content (AvgIpc) is 3.43. The normalized spacial score (nSPS) is 21.8. The number of ether oxygens (including phenoxy) is 2. The Hall–Kier alpha value is -2.95. The standard InChI is InChI=1S/C26H37N7O3/c1-3-4-19(7-8-34)30-25-24-22(31-26(27)32-25)12-29-33(24)13-17-6-5-16(9-23(17)35-2)11-28-21-10-18-14-36-15-20(18)21/h5-6,9,12,18-21,28,34H,3-4,7-8,10-11,13-15H2,1-2H3,(H3,27,30,31,32)/t18-,19-,20+,21-/m0/s1. The molecule has 10 nitrogen and oxygen atoms in total. The first kappa shape index (κ1) is 24.7. The van der Waals surface area contributed by atoms with E-state index in [9.17, 15) is 5.11 Å². The zero-order valence-corrected chi connectivity index (χ0v) is 21.1. The molecule has 1 aliphatic carbocycles. The summed E-state index contributed by atoms with van der Waals surface area (Å²) in [4.78, 5) is 8.86. The van der Waals surface area contributed by atoms with Crippen molar-refractivity contribution in [3.8, 4) is 5.75 Å². The molecule has 5 rings (SSSR count). The van der Waals surface area contributed by atoms with Crippen LogP contribution in [0.1, 0.15) is 43.7 Å². The van der Waals surface area contributed by atoms with Crippen molar-refractivity contribution < 1.29 is 14.6 Å². The van der Waals surface area contributed by atoms with Crippen molar-refractivity contribution in [1.29, 1.82) is 0 Å². The van der Waals surface area contributed by atoms with Crippen LogP contribution in [0.25, 0.3) is 11.0 Å². The number of hydrogen-bond acceptors (Lipinski definition) is 9. The predicted molar refractivity (Wildman–Crippen MR) is 139 cm³/mol. The van der Waals surface area contributed by atoms with Gasteiger partial charge in [0.2, 0.25) is 5.95 Å². The second-order valence-corrected chi connectivity index (χ2v) is 9.94. The molecular formula is C26H37N7O3. The molecule has 2 aliphatic rings. The van der Waals surface area contributed by atoms with E-state index in [1.54, 1.807) is 13.3 Å². The van der Waals surface area contributed by atoms with Gasteiger partial charge >= 0.3 is 0 Å². The van der Waals surface area contributed by atoms with E-state index in [1.165, 1.54) is 12.0 Å². The number of nitrogen functional groups attached to an aromatic ring is 1. The molecule has 0 unspecified atom stereocenters. The van der Waals surface area contributed by atoms with Gasteiger partial charge in [-0.1, -0.05) is 25.5 Å². The summed E-state index contributed by atoms with van der Waals surface area (Å²) >= 11 is 0. The van der Waals surface area contributed by atoms with Crippen LogP contribution >= 0.6 is 0 Å². The Morgan fingerprint density at radius 1 is 1.28 bits per heavy atom. The van der Waals surface area contributed by atoms with Crippen molar-refractivity contribution in [3.05, 3.63) is 35.5 Å². The van der Waals surface area contributed by atoms with Gasteiger partial charge in [0, 0.05) is 43.3 Å². The molecular weight excluding hydrogens is 458 g/mol. The monoisotopic (exact) mass is 495 g/mol. The molecule has 2 aromatic heterocycles. The number of benzene rings is 1. The first-order valence-electron chi connectivity index (χ1n) is 12.9. The Balaban J connectivity index is 1.34. The Labute approximate surface area is 211 Å². The summed E-state index contributed by atoms with van der Waals surface area (Å²) in [5.74, 6) is 3.05. The van der Waals surface area contributed by atoms with Crippen molar-refractivity contribution in [2.45, 2.75) is 57.8 Å². The highest BCUT2D eigenvalue weighted by Crippen LogP contribution is 2.39. The Kier molecular flexibility index (Phi) is 7.54. The number of methoxy groups -OCH3 is 1. The van der Waals surface area contributed by atoms with Crippen LogP contribution < -0.4 is 21.1 Å². The van der Waals surface area contributed by atoms with E-state index >= 15 is 0 Å². The molecule has 1 aliphatic heterocycles. The molecule has 10 heteroatoms. The third-order valence-corrected chi connectivity index (χ3v) is 7.52. The number of hydrogen-bond donors (Lipinski definition) is 4. The quantitative estimate of drug-likeness (QED) is 0.299.